The van der Waals surface area contributed by atoms with Gasteiger partial charge in [-0.15, -0.1) is 0 Å². The van der Waals surface area contributed by atoms with Crippen LogP contribution in [-0.4, -0.2) is 19.1 Å². The largest absolute Gasteiger partial charge is 0.483 e. The van der Waals surface area contributed by atoms with Crippen LogP contribution in [0.25, 0.3) is 0 Å². The van der Waals surface area contributed by atoms with Crippen LogP contribution < -0.4 is 10.1 Å². The Morgan fingerprint density at radius 3 is 2.40 bits per heavy atom. The Kier molecular flexibility index (Phi) is 6.44. The van der Waals surface area contributed by atoms with Gasteiger partial charge in [0.25, 0.3) is 5.91 Å². The fourth-order valence-corrected chi connectivity index (χ4v) is 2.34. The summed E-state index contributed by atoms with van der Waals surface area (Å²) in [6, 6.07) is 12.4. The number of hydrogen-bond donors (Lipinski definition) is 1. The number of para-hydroxylation sites is 1. The minimum atomic E-state index is -4.33. The lowest BCUT2D eigenvalue weighted by Gasteiger charge is -2.11. The average Bonchev–Trinajstić information content (AvgIpc) is 2.60. The Labute approximate surface area is 144 Å². The molecule has 1 N–H and O–H groups in total. The topological polar surface area (TPSA) is 38.3 Å². The van der Waals surface area contributed by atoms with E-state index in [0.717, 1.165) is 29.7 Å². The molecule has 0 radical (unpaired) electrons. The predicted octanol–water partition coefficient (Wildman–Crippen LogP) is 4.01. The normalized spacial score (nSPS) is 11.2. The van der Waals surface area contributed by atoms with Crippen molar-refractivity contribution in [3.05, 3.63) is 65.2 Å². The lowest BCUT2D eigenvalue weighted by molar-refractivity contribution is -0.137. The summed E-state index contributed by atoms with van der Waals surface area (Å²) in [4.78, 5) is 11.8. The van der Waals surface area contributed by atoms with E-state index in [1.54, 1.807) is 0 Å². The maximum atomic E-state index is 12.5. The van der Waals surface area contributed by atoms with Crippen molar-refractivity contribution in [3.8, 4) is 5.75 Å². The molecule has 0 aliphatic rings. The molecule has 134 valence electrons. The molecule has 0 saturated heterocycles. The third-order valence-corrected chi connectivity index (χ3v) is 3.73. The van der Waals surface area contributed by atoms with E-state index in [4.69, 9.17) is 4.74 Å². The fourth-order valence-electron chi connectivity index (χ4n) is 2.34. The van der Waals surface area contributed by atoms with Gasteiger partial charge in [0.15, 0.2) is 6.61 Å². The summed E-state index contributed by atoms with van der Waals surface area (Å²) < 4.78 is 43.0. The van der Waals surface area contributed by atoms with E-state index in [1.807, 2.05) is 31.2 Å². The van der Waals surface area contributed by atoms with Gasteiger partial charge in [-0.25, -0.2) is 0 Å². The zero-order valence-corrected chi connectivity index (χ0v) is 13.9. The van der Waals surface area contributed by atoms with Crippen LogP contribution in [0.3, 0.4) is 0 Å². The number of hydrogen-bond acceptors (Lipinski definition) is 2. The summed E-state index contributed by atoms with van der Waals surface area (Å²) in [7, 11) is 0. The second-order valence-corrected chi connectivity index (χ2v) is 5.54. The highest BCUT2D eigenvalue weighted by atomic mass is 19.4. The van der Waals surface area contributed by atoms with Crippen LogP contribution in [0.1, 0.15) is 23.6 Å². The number of halogens is 3. The molecule has 0 atom stereocenters. The Bertz CT molecular complexity index is 697. The molecule has 0 unspecified atom stereocenters. The number of amides is 1. The van der Waals surface area contributed by atoms with Crippen molar-refractivity contribution < 1.29 is 22.7 Å². The zero-order valence-electron chi connectivity index (χ0n) is 13.9. The van der Waals surface area contributed by atoms with E-state index in [2.05, 4.69) is 5.32 Å². The summed E-state index contributed by atoms with van der Waals surface area (Å²) >= 11 is 0. The summed E-state index contributed by atoms with van der Waals surface area (Å²) in [6.07, 6.45) is -3.07. The monoisotopic (exact) mass is 351 g/mol. The van der Waals surface area contributed by atoms with Gasteiger partial charge in [0.05, 0.1) is 5.56 Å². The number of aryl methyl sites for hydroxylation is 1. The molecule has 0 heterocycles. The number of nitrogens with one attached hydrogen (secondary N) is 1. The van der Waals surface area contributed by atoms with Gasteiger partial charge in [-0.1, -0.05) is 37.3 Å². The third-order valence-electron chi connectivity index (χ3n) is 3.73. The number of carbonyl (C=O) groups is 1. The van der Waals surface area contributed by atoms with E-state index < -0.39 is 11.7 Å². The molecule has 2 aromatic rings. The van der Waals surface area contributed by atoms with Gasteiger partial charge < -0.3 is 10.1 Å². The van der Waals surface area contributed by atoms with Gasteiger partial charge in [-0.3, -0.25) is 4.79 Å². The predicted molar refractivity (Wildman–Crippen MR) is 89.5 cm³/mol. The van der Waals surface area contributed by atoms with E-state index in [9.17, 15) is 18.0 Å². The van der Waals surface area contributed by atoms with Crippen LogP contribution in [0.2, 0.25) is 0 Å². The van der Waals surface area contributed by atoms with Crippen LogP contribution in [0.4, 0.5) is 13.2 Å². The van der Waals surface area contributed by atoms with Crippen molar-refractivity contribution in [1.82, 2.24) is 5.32 Å². The van der Waals surface area contributed by atoms with Crippen molar-refractivity contribution in [3.63, 3.8) is 0 Å². The molecule has 0 saturated carbocycles. The summed E-state index contributed by atoms with van der Waals surface area (Å²) in [5.74, 6) is 0.417. The van der Waals surface area contributed by atoms with Crippen molar-refractivity contribution in [2.45, 2.75) is 25.9 Å². The quantitative estimate of drug-likeness (QED) is 0.819. The first-order valence-corrected chi connectivity index (χ1v) is 8.03. The molecule has 6 heteroatoms. The van der Waals surface area contributed by atoms with E-state index in [-0.39, 0.29) is 12.5 Å². The highest BCUT2D eigenvalue weighted by Gasteiger charge is 2.29. The molecular formula is C19H20F3NO2. The van der Waals surface area contributed by atoms with Crippen molar-refractivity contribution >= 4 is 5.91 Å². The molecule has 1 amide bonds. The molecular weight excluding hydrogens is 331 g/mol. The van der Waals surface area contributed by atoms with E-state index in [0.29, 0.717) is 18.7 Å². The van der Waals surface area contributed by atoms with Gasteiger partial charge >= 0.3 is 6.18 Å². The molecule has 0 spiro atoms. The zero-order chi connectivity index (χ0) is 18.3. The molecule has 25 heavy (non-hydrogen) atoms. The van der Waals surface area contributed by atoms with Gasteiger partial charge in [0.2, 0.25) is 0 Å². The van der Waals surface area contributed by atoms with Crippen molar-refractivity contribution in [2.24, 2.45) is 0 Å². The highest BCUT2D eigenvalue weighted by molar-refractivity contribution is 5.77. The van der Waals surface area contributed by atoms with Crippen molar-refractivity contribution in [2.75, 3.05) is 13.2 Å². The highest BCUT2D eigenvalue weighted by Crippen LogP contribution is 2.29. The maximum Gasteiger partial charge on any atom is 0.416 e. The summed E-state index contributed by atoms with van der Waals surface area (Å²) in [5.41, 5.74) is 1.08. The first kappa shape index (κ1) is 18.8. The molecule has 0 aromatic heterocycles. The van der Waals surface area contributed by atoms with Crippen LogP contribution in [0.15, 0.2) is 48.5 Å². The first-order chi connectivity index (χ1) is 11.9. The summed E-state index contributed by atoms with van der Waals surface area (Å²) in [5, 5.41) is 2.70. The lowest BCUT2D eigenvalue weighted by atomic mass is 10.1. The summed E-state index contributed by atoms with van der Waals surface area (Å²) in [6.45, 7) is 2.25. The Morgan fingerprint density at radius 1 is 1.08 bits per heavy atom. The van der Waals surface area contributed by atoms with Crippen LogP contribution in [-0.2, 0) is 23.8 Å². The Balaban J connectivity index is 1.75. The molecule has 0 aliphatic carbocycles. The molecule has 0 aliphatic heterocycles. The van der Waals surface area contributed by atoms with Crippen LogP contribution >= 0.6 is 0 Å². The lowest BCUT2D eigenvalue weighted by Crippen LogP contribution is -2.30. The third kappa shape index (κ3) is 5.81. The van der Waals surface area contributed by atoms with Gasteiger partial charge in [-0.2, -0.15) is 13.2 Å². The fraction of sp³-hybridized carbons (Fsp3) is 0.316. The van der Waals surface area contributed by atoms with Gasteiger partial charge in [0.1, 0.15) is 5.75 Å². The molecule has 2 aromatic carbocycles. The standard InChI is InChI=1S/C19H20F3NO2/c1-2-15-5-3-4-6-17(15)25-13-18(24)23-12-11-14-7-9-16(10-8-14)19(20,21)22/h3-10H,2,11-13H2,1H3,(H,23,24). The number of alkyl halides is 3. The minimum absolute atomic E-state index is 0.0932. The Hall–Kier alpha value is -2.50. The smallest absolute Gasteiger partial charge is 0.416 e. The number of benzene rings is 2. The van der Waals surface area contributed by atoms with Crippen LogP contribution in [0, 0.1) is 0 Å². The minimum Gasteiger partial charge on any atom is -0.483 e. The van der Waals surface area contributed by atoms with Crippen LogP contribution in [0.5, 0.6) is 5.75 Å². The molecule has 2 rings (SSSR count). The molecule has 0 fully saturated rings. The molecule has 0 bridgehead atoms. The first-order valence-electron chi connectivity index (χ1n) is 8.03. The van der Waals surface area contributed by atoms with E-state index in [1.165, 1.54) is 12.1 Å². The van der Waals surface area contributed by atoms with E-state index >= 15 is 0 Å². The second kappa shape index (κ2) is 8.55. The number of rotatable bonds is 7. The Morgan fingerprint density at radius 2 is 1.76 bits per heavy atom. The number of carbonyl (C=O) groups excluding carboxylic acids is 1. The van der Waals surface area contributed by atoms with Gasteiger partial charge in [0, 0.05) is 6.54 Å². The SMILES string of the molecule is CCc1ccccc1OCC(=O)NCCc1ccc(C(F)(F)F)cc1. The number of ether oxygens (including phenoxy) is 1. The molecule has 3 nitrogen and oxygen atoms in total. The van der Waals surface area contributed by atoms with Crippen molar-refractivity contribution in [1.29, 1.82) is 0 Å². The maximum absolute atomic E-state index is 12.5. The average molecular weight is 351 g/mol. The second-order valence-electron chi connectivity index (χ2n) is 5.54. The van der Waals surface area contributed by atoms with Gasteiger partial charge in [-0.05, 0) is 42.2 Å².